The Morgan fingerprint density at radius 2 is 1.78 bits per heavy atom. The highest BCUT2D eigenvalue weighted by Crippen LogP contribution is 2.34. The van der Waals surface area contributed by atoms with Crippen LogP contribution in [0.2, 0.25) is 0 Å². The van der Waals surface area contributed by atoms with Crippen molar-refractivity contribution in [3.63, 3.8) is 0 Å². The monoisotopic (exact) mass is 325 g/mol. The van der Waals surface area contributed by atoms with E-state index in [0.29, 0.717) is 12.6 Å². The molecule has 134 valence electrons. The second-order valence-electron chi connectivity index (χ2n) is 6.49. The highest BCUT2D eigenvalue weighted by molar-refractivity contribution is 5.86. The summed E-state index contributed by atoms with van der Waals surface area (Å²) < 4.78 is 0. The zero-order valence-electron chi connectivity index (χ0n) is 15.8. The number of carbonyl (C=O) groups excluding carboxylic acids is 1. The molecule has 0 radical (unpaired) electrons. The molecular formula is C17H35N5O. The van der Waals surface area contributed by atoms with E-state index in [4.69, 9.17) is 4.99 Å². The lowest BCUT2D eigenvalue weighted by molar-refractivity contribution is -0.131. The van der Waals surface area contributed by atoms with E-state index in [1.807, 2.05) is 30.7 Å². The highest BCUT2D eigenvalue weighted by atomic mass is 16.2. The Hall–Kier alpha value is -1.30. The molecule has 6 heteroatoms. The van der Waals surface area contributed by atoms with Crippen LogP contribution in [-0.2, 0) is 4.79 Å². The number of carbonyl (C=O) groups is 1. The Balaban J connectivity index is 2.67. The van der Waals surface area contributed by atoms with Crippen LogP contribution < -0.4 is 5.32 Å². The summed E-state index contributed by atoms with van der Waals surface area (Å²) in [4.78, 5) is 23.1. The van der Waals surface area contributed by atoms with Crippen molar-refractivity contribution in [2.45, 2.75) is 39.7 Å². The maximum Gasteiger partial charge on any atom is 0.242 e. The van der Waals surface area contributed by atoms with Crippen LogP contribution in [0, 0.1) is 5.92 Å². The molecule has 0 saturated heterocycles. The molecule has 1 unspecified atom stereocenters. The summed E-state index contributed by atoms with van der Waals surface area (Å²) in [5.74, 6) is 1.74. The number of nitrogens with one attached hydrogen (secondary N) is 1. The Kier molecular flexibility index (Phi) is 8.37. The van der Waals surface area contributed by atoms with Gasteiger partial charge in [-0.1, -0.05) is 0 Å². The van der Waals surface area contributed by atoms with Gasteiger partial charge in [0.25, 0.3) is 0 Å². The molecule has 0 heterocycles. The molecule has 23 heavy (non-hydrogen) atoms. The third kappa shape index (κ3) is 6.37. The summed E-state index contributed by atoms with van der Waals surface area (Å²) in [7, 11) is 6.18. The molecule has 6 nitrogen and oxygen atoms in total. The molecule has 1 fully saturated rings. The minimum absolute atomic E-state index is 0.148. The van der Waals surface area contributed by atoms with Gasteiger partial charge in [-0.15, -0.1) is 0 Å². The molecule has 1 aliphatic rings. The van der Waals surface area contributed by atoms with Crippen molar-refractivity contribution >= 4 is 11.9 Å². The third-order valence-electron chi connectivity index (χ3n) is 4.44. The van der Waals surface area contributed by atoms with Crippen LogP contribution in [0.5, 0.6) is 0 Å². The maximum atomic E-state index is 12.3. The normalized spacial score (nSPS) is 16.4. The fourth-order valence-corrected chi connectivity index (χ4v) is 2.82. The third-order valence-corrected chi connectivity index (χ3v) is 4.44. The lowest BCUT2D eigenvalue weighted by Gasteiger charge is -2.27. The minimum atomic E-state index is 0.148. The van der Waals surface area contributed by atoms with Crippen molar-refractivity contribution < 1.29 is 4.79 Å². The lowest BCUT2D eigenvalue weighted by Crippen LogP contribution is -2.46. The Morgan fingerprint density at radius 3 is 2.22 bits per heavy atom. The van der Waals surface area contributed by atoms with Gasteiger partial charge in [-0.05, 0) is 53.6 Å². The van der Waals surface area contributed by atoms with Gasteiger partial charge in [0.2, 0.25) is 5.91 Å². The van der Waals surface area contributed by atoms with E-state index >= 15 is 0 Å². The molecule has 1 aliphatic carbocycles. The minimum Gasteiger partial charge on any atom is -0.357 e. The number of nitrogens with zero attached hydrogens (tertiary/aromatic N) is 4. The van der Waals surface area contributed by atoms with Gasteiger partial charge in [0.15, 0.2) is 5.96 Å². The van der Waals surface area contributed by atoms with E-state index in [9.17, 15) is 4.79 Å². The van der Waals surface area contributed by atoms with Gasteiger partial charge in [0.05, 0.1) is 13.1 Å². The first-order chi connectivity index (χ1) is 10.9. The predicted octanol–water partition coefficient (Wildman–Crippen LogP) is 1.09. The summed E-state index contributed by atoms with van der Waals surface area (Å²) in [6.07, 6.45) is 2.62. The molecule has 0 bridgehead atoms. The van der Waals surface area contributed by atoms with Crippen LogP contribution in [0.4, 0.5) is 0 Å². The summed E-state index contributed by atoms with van der Waals surface area (Å²) in [6, 6.07) is 0.496. The molecule has 1 rings (SSSR count). The number of hydrogen-bond acceptors (Lipinski definition) is 3. The Labute approximate surface area is 141 Å². The van der Waals surface area contributed by atoms with Crippen molar-refractivity contribution in [2.24, 2.45) is 10.9 Å². The first kappa shape index (κ1) is 19.7. The van der Waals surface area contributed by atoms with Crippen LogP contribution >= 0.6 is 0 Å². The van der Waals surface area contributed by atoms with Crippen LogP contribution in [0.25, 0.3) is 0 Å². The molecule has 1 saturated carbocycles. The standard InChI is InChI=1S/C17H35N5O/c1-7-18-17(19-12-15(20(4)5)14-10-11-14)21(6)13-16(23)22(8-2)9-3/h14-15H,7-13H2,1-6H3,(H,18,19). The molecule has 0 aromatic rings. The second kappa shape index (κ2) is 9.75. The van der Waals surface area contributed by atoms with Crippen molar-refractivity contribution in [2.75, 3.05) is 53.9 Å². The summed E-state index contributed by atoms with van der Waals surface area (Å²) in [5.41, 5.74) is 0. The van der Waals surface area contributed by atoms with Crippen molar-refractivity contribution in [1.29, 1.82) is 0 Å². The number of hydrogen-bond donors (Lipinski definition) is 1. The van der Waals surface area contributed by atoms with Crippen LogP contribution in [0.3, 0.4) is 0 Å². The quantitative estimate of drug-likeness (QED) is 0.509. The largest absolute Gasteiger partial charge is 0.357 e. The summed E-state index contributed by atoms with van der Waals surface area (Å²) in [6.45, 7) is 9.53. The number of likely N-dealkylation sites (N-methyl/N-ethyl adjacent to an activating group) is 3. The molecular weight excluding hydrogens is 290 g/mol. The Bertz CT molecular complexity index is 386. The van der Waals surface area contributed by atoms with Crippen molar-refractivity contribution in [3.05, 3.63) is 0 Å². The molecule has 1 amide bonds. The average Bonchev–Trinajstić information content (AvgIpc) is 3.32. The maximum absolute atomic E-state index is 12.3. The van der Waals surface area contributed by atoms with Gasteiger partial charge in [0, 0.05) is 32.7 Å². The van der Waals surface area contributed by atoms with E-state index in [1.165, 1.54) is 12.8 Å². The second-order valence-corrected chi connectivity index (χ2v) is 6.49. The van der Waals surface area contributed by atoms with Gasteiger partial charge in [-0.2, -0.15) is 0 Å². The van der Waals surface area contributed by atoms with E-state index in [-0.39, 0.29) is 5.91 Å². The average molecular weight is 326 g/mol. The fraction of sp³-hybridized carbons (Fsp3) is 0.882. The number of aliphatic imine (C=N–C) groups is 1. The molecule has 0 spiro atoms. The predicted molar refractivity (Wildman–Crippen MR) is 96.7 cm³/mol. The van der Waals surface area contributed by atoms with Crippen molar-refractivity contribution in [3.8, 4) is 0 Å². The highest BCUT2D eigenvalue weighted by Gasteiger charge is 2.32. The van der Waals surface area contributed by atoms with Crippen LogP contribution in [-0.4, -0.2) is 86.5 Å². The number of rotatable bonds is 9. The molecule has 1 N–H and O–H groups in total. The van der Waals surface area contributed by atoms with Gasteiger partial charge in [-0.25, -0.2) is 0 Å². The number of amides is 1. The SMILES string of the molecule is CCNC(=NCC(C1CC1)N(C)C)N(C)CC(=O)N(CC)CC. The van der Waals surface area contributed by atoms with E-state index < -0.39 is 0 Å². The van der Waals surface area contributed by atoms with Gasteiger partial charge >= 0.3 is 0 Å². The van der Waals surface area contributed by atoms with E-state index in [1.54, 1.807) is 0 Å². The first-order valence-corrected chi connectivity index (χ1v) is 8.88. The molecule has 1 atom stereocenters. The zero-order valence-corrected chi connectivity index (χ0v) is 15.8. The van der Waals surface area contributed by atoms with Crippen LogP contribution in [0.15, 0.2) is 4.99 Å². The smallest absolute Gasteiger partial charge is 0.242 e. The van der Waals surface area contributed by atoms with Gasteiger partial charge in [-0.3, -0.25) is 9.79 Å². The van der Waals surface area contributed by atoms with Crippen molar-refractivity contribution in [1.82, 2.24) is 20.0 Å². The lowest BCUT2D eigenvalue weighted by atomic mass is 10.2. The number of guanidine groups is 1. The zero-order chi connectivity index (χ0) is 17.4. The van der Waals surface area contributed by atoms with Crippen LogP contribution in [0.1, 0.15) is 33.6 Å². The fourth-order valence-electron chi connectivity index (χ4n) is 2.82. The molecule has 0 aromatic heterocycles. The Morgan fingerprint density at radius 1 is 1.17 bits per heavy atom. The molecule has 0 aromatic carbocycles. The van der Waals surface area contributed by atoms with Gasteiger partial charge in [0.1, 0.15) is 0 Å². The topological polar surface area (TPSA) is 51.2 Å². The van der Waals surface area contributed by atoms with E-state index in [2.05, 4.69) is 31.2 Å². The van der Waals surface area contributed by atoms with E-state index in [0.717, 1.165) is 38.1 Å². The summed E-state index contributed by atoms with van der Waals surface area (Å²) >= 11 is 0. The first-order valence-electron chi connectivity index (χ1n) is 8.88. The van der Waals surface area contributed by atoms with Gasteiger partial charge < -0.3 is 20.0 Å². The molecule has 0 aliphatic heterocycles. The summed E-state index contributed by atoms with van der Waals surface area (Å²) in [5, 5.41) is 3.30.